The summed E-state index contributed by atoms with van der Waals surface area (Å²) >= 11 is 6.16. The van der Waals surface area contributed by atoms with E-state index < -0.39 is 0 Å². The fourth-order valence-electron chi connectivity index (χ4n) is 1.88. The number of benzene rings is 1. The highest BCUT2D eigenvalue weighted by Gasteiger charge is 2.16. The topological polar surface area (TPSA) is 58.4 Å². The SMILES string of the molecule is CC(CCCN)C(=O)Nc1cccc(Cl)c1N(C)C. The van der Waals surface area contributed by atoms with E-state index in [0.717, 1.165) is 24.2 Å². The molecule has 0 spiro atoms. The number of para-hydroxylation sites is 1. The molecule has 0 saturated heterocycles. The second-order valence-electron chi connectivity index (χ2n) is 4.85. The van der Waals surface area contributed by atoms with Gasteiger partial charge in [0.25, 0.3) is 0 Å². The van der Waals surface area contributed by atoms with Gasteiger partial charge in [-0.3, -0.25) is 4.79 Å². The third-order valence-electron chi connectivity index (χ3n) is 2.98. The summed E-state index contributed by atoms with van der Waals surface area (Å²) < 4.78 is 0. The van der Waals surface area contributed by atoms with Gasteiger partial charge in [0.2, 0.25) is 5.91 Å². The zero-order valence-electron chi connectivity index (χ0n) is 11.7. The molecule has 0 heterocycles. The number of carbonyl (C=O) groups excluding carboxylic acids is 1. The minimum atomic E-state index is -0.0578. The van der Waals surface area contributed by atoms with Crippen molar-refractivity contribution in [3.8, 4) is 0 Å². The maximum absolute atomic E-state index is 12.1. The van der Waals surface area contributed by atoms with Gasteiger partial charge in [0.05, 0.1) is 16.4 Å². The van der Waals surface area contributed by atoms with Crippen LogP contribution < -0.4 is 16.0 Å². The Morgan fingerprint density at radius 1 is 1.47 bits per heavy atom. The van der Waals surface area contributed by atoms with Crippen LogP contribution in [0.4, 0.5) is 11.4 Å². The van der Waals surface area contributed by atoms with Gasteiger partial charge in [-0.1, -0.05) is 24.6 Å². The second-order valence-corrected chi connectivity index (χ2v) is 5.26. The van der Waals surface area contributed by atoms with E-state index in [9.17, 15) is 4.79 Å². The van der Waals surface area contributed by atoms with Crippen molar-refractivity contribution in [3.63, 3.8) is 0 Å². The Morgan fingerprint density at radius 3 is 2.74 bits per heavy atom. The van der Waals surface area contributed by atoms with E-state index in [-0.39, 0.29) is 11.8 Å². The van der Waals surface area contributed by atoms with Crippen LogP contribution in [0.2, 0.25) is 5.02 Å². The molecule has 1 aromatic rings. The van der Waals surface area contributed by atoms with Crippen LogP contribution in [0.5, 0.6) is 0 Å². The predicted molar refractivity (Wildman–Crippen MR) is 81.9 cm³/mol. The van der Waals surface area contributed by atoms with E-state index in [4.69, 9.17) is 17.3 Å². The number of carbonyl (C=O) groups is 1. The number of nitrogens with one attached hydrogen (secondary N) is 1. The van der Waals surface area contributed by atoms with Crippen LogP contribution >= 0.6 is 11.6 Å². The van der Waals surface area contributed by atoms with Crippen molar-refractivity contribution in [1.82, 2.24) is 0 Å². The Bertz CT molecular complexity index is 435. The molecule has 1 aromatic carbocycles. The van der Waals surface area contributed by atoms with Gasteiger partial charge in [0.1, 0.15) is 0 Å². The van der Waals surface area contributed by atoms with Crippen molar-refractivity contribution in [3.05, 3.63) is 23.2 Å². The molecular formula is C14H22ClN3O. The van der Waals surface area contributed by atoms with E-state index in [2.05, 4.69) is 5.32 Å². The summed E-state index contributed by atoms with van der Waals surface area (Å²) in [5.41, 5.74) is 7.02. The van der Waals surface area contributed by atoms with Crippen LogP contribution in [0.25, 0.3) is 0 Å². The van der Waals surface area contributed by atoms with Gasteiger partial charge in [-0.2, -0.15) is 0 Å². The molecule has 3 N–H and O–H groups in total. The van der Waals surface area contributed by atoms with Crippen LogP contribution in [0, 0.1) is 5.92 Å². The molecule has 1 rings (SSSR count). The number of rotatable bonds is 6. The first-order valence-electron chi connectivity index (χ1n) is 6.44. The fraction of sp³-hybridized carbons (Fsp3) is 0.500. The summed E-state index contributed by atoms with van der Waals surface area (Å²) in [7, 11) is 3.80. The Kier molecular flexibility index (Phi) is 6.12. The molecular weight excluding hydrogens is 262 g/mol. The molecule has 0 aliphatic rings. The van der Waals surface area contributed by atoms with Crippen molar-refractivity contribution >= 4 is 28.9 Å². The Labute approximate surface area is 119 Å². The van der Waals surface area contributed by atoms with Gasteiger partial charge in [-0.05, 0) is 31.5 Å². The van der Waals surface area contributed by atoms with Crippen molar-refractivity contribution in [1.29, 1.82) is 0 Å². The largest absolute Gasteiger partial charge is 0.375 e. The predicted octanol–water partition coefficient (Wildman–Crippen LogP) is 2.72. The maximum atomic E-state index is 12.1. The zero-order valence-corrected chi connectivity index (χ0v) is 12.5. The molecule has 0 bridgehead atoms. The molecule has 0 fully saturated rings. The van der Waals surface area contributed by atoms with Crippen molar-refractivity contribution in [2.75, 3.05) is 30.9 Å². The second kappa shape index (κ2) is 7.36. The molecule has 0 saturated carbocycles. The number of hydrogen-bond donors (Lipinski definition) is 2. The van der Waals surface area contributed by atoms with Crippen molar-refractivity contribution in [2.24, 2.45) is 11.7 Å². The highest BCUT2D eigenvalue weighted by atomic mass is 35.5. The maximum Gasteiger partial charge on any atom is 0.227 e. The minimum absolute atomic E-state index is 0.00110. The molecule has 0 aliphatic carbocycles. The standard InChI is InChI=1S/C14H22ClN3O/c1-10(6-5-9-16)14(19)17-12-8-4-7-11(15)13(12)18(2)3/h4,7-8,10H,5-6,9,16H2,1-3H3,(H,17,19). The first-order valence-corrected chi connectivity index (χ1v) is 6.82. The molecule has 0 radical (unpaired) electrons. The van der Waals surface area contributed by atoms with Gasteiger partial charge in [0.15, 0.2) is 0 Å². The molecule has 1 unspecified atom stereocenters. The zero-order chi connectivity index (χ0) is 14.4. The average Bonchev–Trinajstić information content (AvgIpc) is 2.35. The van der Waals surface area contributed by atoms with Crippen molar-refractivity contribution in [2.45, 2.75) is 19.8 Å². The molecule has 1 atom stereocenters. The van der Waals surface area contributed by atoms with Crippen LogP contribution in [0.3, 0.4) is 0 Å². The quantitative estimate of drug-likeness (QED) is 0.844. The van der Waals surface area contributed by atoms with Gasteiger partial charge in [-0.15, -0.1) is 0 Å². The summed E-state index contributed by atoms with van der Waals surface area (Å²) in [5, 5.41) is 3.56. The Balaban J connectivity index is 2.82. The van der Waals surface area contributed by atoms with Crippen LogP contribution in [-0.4, -0.2) is 26.5 Å². The molecule has 5 heteroatoms. The third kappa shape index (κ3) is 4.40. The third-order valence-corrected chi connectivity index (χ3v) is 3.29. The summed E-state index contributed by atoms with van der Waals surface area (Å²) in [4.78, 5) is 14.0. The first kappa shape index (κ1) is 15.8. The summed E-state index contributed by atoms with van der Waals surface area (Å²) in [6.45, 7) is 2.52. The Morgan fingerprint density at radius 2 is 2.16 bits per heavy atom. The molecule has 4 nitrogen and oxygen atoms in total. The lowest BCUT2D eigenvalue weighted by atomic mass is 10.0. The van der Waals surface area contributed by atoms with Crippen LogP contribution in [0.15, 0.2) is 18.2 Å². The molecule has 0 aliphatic heterocycles. The van der Waals surface area contributed by atoms with E-state index >= 15 is 0 Å². The number of hydrogen-bond acceptors (Lipinski definition) is 3. The van der Waals surface area contributed by atoms with Crippen molar-refractivity contribution < 1.29 is 4.79 Å². The minimum Gasteiger partial charge on any atom is -0.375 e. The number of nitrogens with two attached hydrogens (primary N) is 1. The van der Waals surface area contributed by atoms with Crippen LogP contribution in [-0.2, 0) is 4.79 Å². The average molecular weight is 284 g/mol. The monoisotopic (exact) mass is 283 g/mol. The molecule has 1 amide bonds. The van der Waals surface area contributed by atoms with Gasteiger partial charge < -0.3 is 16.0 Å². The lowest BCUT2D eigenvalue weighted by Crippen LogP contribution is -2.23. The van der Waals surface area contributed by atoms with Crippen LogP contribution in [0.1, 0.15) is 19.8 Å². The van der Waals surface area contributed by atoms with E-state index in [1.807, 2.05) is 44.1 Å². The molecule has 19 heavy (non-hydrogen) atoms. The lowest BCUT2D eigenvalue weighted by Gasteiger charge is -2.20. The van der Waals surface area contributed by atoms with E-state index in [0.29, 0.717) is 11.6 Å². The normalized spacial score (nSPS) is 12.1. The molecule has 0 aromatic heterocycles. The highest BCUT2D eigenvalue weighted by molar-refractivity contribution is 6.34. The molecule has 106 valence electrons. The number of amides is 1. The number of nitrogens with zero attached hydrogens (tertiary/aromatic N) is 1. The van der Waals surface area contributed by atoms with E-state index in [1.54, 1.807) is 0 Å². The number of halogens is 1. The van der Waals surface area contributed by atoms with Gasteiger partial charge >= 0.3 is 0 Å². The summed E-state index contributed by atoms with van der Waals surface area (Å²) in [6, 6.07) is 5.49. The summed E-state index contributed by atoms with van der Waals surface area (Å²) in [5.74, 6) is -0.0589. The first-order chi connectivity index (χ1) is 8.97. The Hall–Kier alpha value is -1.26. The lowest BCUT2D eigenvalue weighted by molar-refractivity contribution is -0.119. The summed E-state index contributed by atoms with van der Waals surface area (Å²) in [6.07, 6.45) is 1.64. The number of anilines is 2. The highest BCUT2D eigenvalue weighted by Crippen LogP contribution is 2.32. The fourth-order valence-corrected chi connectivity index (χ4v) is 2.23. The van der Waals surface area contributed by atoms with Gasteiger partial charge in [-0.25, -0.2) is 0 Å². The van der Waals surface area contributed by atoms with Gasteiger partial charge in [0, 0.05) is 20.0 Å². The van der Waals surface area contributed by atoms with E-state index in [1.165, 1.54) is 0 Å². The smallest absolute Gasteiger partial charge is 0.227 e.